The normalized spacial score (nSPS) is 10.6. The van der Waals surface area contributed by atoms with Gasteiger partial charge in [-0.05, 0) is 37.6 Å². The Bertz CT molecular complexity index is 621. The van der Waals surface area contributed by atoms with E-state index in [1.807, 2.05) is 19.9 Å². The van der Waals surface area contributed by atoms with Crippen molar-refractivity contribution >= 4 is 5.91 Å². The lowest BCUT2D eigenvalue weighted by Gasteiger charge is -2.21. The number of nitrogens with zero attached hydrogens (tertiary/aromatic N) is 3. The number of benzene rings is 1. The second-order valence-corrected chi connectivity index (χ2v) is 4.74. The van der Waals surface area contributed by atoms with Crippen molar-refractivity contribution in [3.63, 3.8) is 0 Å². The summed E-state index contributed by atoms with van der Waals surface area (Å²) < 4.78 is 14.8. The largest absolute Gasteiger partial charge is 0.333 e. The van der Waals surface area contributed by atoms with Gasteiger partial charge in [-0.3, -0.25) is 9.48 Å². The van der Waals surface area contributed by atoms with Crippen molar-refractivity contribution in [2.24, 2.45) is 7.05 Å². The number of hydrogen-bond acceptors (Lipinski definition) is 2. The third-order valence-corrected chi connectivity index (χ3v) is 3.15. The highest BCUT2D eigenvalue weighted by Gasteiger charge is 2.18. The van der Waals surface area contributed by atoms with E-state index < -0.39 is 0 Å². The molecule has 4 nitrogen and oxygen atoms in total. The highest BCUT2D eigenvalue weighted by atomic mass is 19.1. The summed E-state index contributed by atoms with van der Waals surface area (Å²) in [5, 5.41) is 4.18. The molecule has 0 atom stereocenters. The van der Waals surface area contributed by atoms with Crippen molar-refractivity contribution < 1.29 is 9.18 Å². The molecule has 0 saturated carbocycles. The lowest BCUT2D eigenvalue weighted by molar-refractivity contribution is 0.0741. The molecule has 106 valence electrons. The van der Waals surface area contributed by atoms with E-state index >= 15 is 0 Å². The number of aromatic nitrogens is 2. The van der Waals surface area contributed by atoms with Gasteiger partial charge in [0.25, 0.3) is 5.91 Å². The van der Waals surface area contributed by atoms with Gasteiger partial charge in [-0.15, -0.1) is 0 Å². The molecule has 1 aromatic carbocycles. The summed E-state index contributed by atoms with van der Waals surface area (Å²) in [5.41, 5.74) is 2.12. The smallest absolute Gasteiger partial charge is 0.272 e. The van der Waals surface area contributed by atoms with E-state index in [9.17, 15) is 9.18 Å². The van der Waals surface area contributed by atoms with Crippen LogP contribution >= 0.6 is 0 Å². The fraction of sp³-hybridized carbons (Fsp3) is 0.333. The molecule has 2 aromatic rings. The van der Waals surface area contributed by atoms with E-state index in [0.717, 1.165) is 11.3 Å². The average Bonchev–Trinajstić information content (AvgIpc) is 2.74. The van der Waals surface area contributed by atoms with Gasteiger partial charge in [0.15, 0.2) is 0 Å². The summed E-state index contributed by atoms with van der Waals surface area (Å²) in [6.45, 7) is 4.69. The number of carbonyl (C=O) groups excluding carboxylic acids is 1. The van der Waals surface area contributed by atoms with Crippen LogP contribution in [0.4, 0.5) is 4.39 Å². The zero-order valence-corrected chi connectivity index (χ0v) is 11.9. The molecule has 1 heterocycles. The van der Waals surface area contributed by atoms with Gasteiger partial charge in [0.2, 0.25) is 0 Å². The maximum atomic E-state index is 13.2. The third-order valence-electron chi connectivity index (χ3n) is 3.15. The molecule has 0 fully saturated rings. The predicted molar refractivity (Wildman–Crippen MR) is 74.8 cm³/mol. The number of aryl methyl sites for hydroxylation is 2. The lowest BCUT2D eigenvalue weighted by atomic mass is 10.2. The molecular weight excluding hydrogens is 257 g/mol. The Kier molecular flexibility index (Phi) is 4.17. The monoisotopic (exact) mass is 275 g/mol. The van der Waals surface area contributed by atoms with Crippen LogP contribution in [0, 0.1) is 12.7 Å². The maximum absolute atomic E-state index is 13.2. The van der Waals surface area contributed by atoms with Crippen LogP contribution in [0.3, 0.4) is 0 Å². The minimum Gasteiger partial charge on any atom is -0.333 e. The van der Waals surface area contributed by atoms with Gasteiger partial charge in [0, 0.05) is 20.1 Å². The van der Waals surface area contributed by atoms with Crippen LogP contribution in [0.5, 0.6) is 0 Å². The van der Waals surface area contributed by atoms with Crippen molar-refractivity contribution in [2.75, 3.05) is 6.54 Å². The summed E-state index contributed by atoms with van der Waals surface area (Å²) in [6, 6.07) is 8.07. The van der Waals surface area contributed by atoms with Crippen molar-refractivity contribution in [1.82, 2.24) is 14.7 Å². The standard InChI is InChI=1S/C15H18FN3O/c1-4-19(10-12-6-5-7-13(16)9-12)15(20)14-8-11(2)17-18(14)3/h5-9H,4,10H2,1-3H3. The van der Waals surface area contributed by atoms with Crippen molar-refractivity contribution in [2.45, 2.75) is 20.4 Å². The van der Waals surface area contributed by atoms with Crippen molar-refractivity contribution in [3.8, 4) is 0 Å². The predicted octanol–water partition coefficient (Wildman–Crippen LogP) is 2.53. The summed E-state index contributed by atoms with van der Waals surface area (Å²) in [7, 11) is 1.75. The number of carbonyl (C=O) groups is 1. The minimum absolute atomic E-state index is 0.0974. The highest BCUT2D eigenvalue weighted by Crippen LogP contribution is 2.12. The van der Waals surface area contributed by atoms with E-state index in [-0.39, 0.29) is 11.7 Å². The van der Waals surface area contributed by atoms with Gasteiger partial charge in [-0.1, -0.05) is 12.1 Å². The third kappa shape index (κ3) is 3.04. The van der Waals surface area contributed by atoms with Crippen LogP contribution in [0.15, 0.2) is 30.3 Å². The van der Waals surface area contributed by atoms with Crippen molar-refractivity contribution in [3.05, 3.63) is 53.1 Å². The molecule has 0 unspecified atom stereocenters. The van der Waals surface area contributed by atoms with Crippen LogP contribution in [0.1, 0.15) is 28.7 Å². The van der Waals surface area contributed by atoms with Gasteiger partial charge in [0.1, 0.15) is 11.5 Å². The first-order valence-electron chi connectivity index (χ1n) is 6.55. The number of halogens is 1. The SMILES string of the molecule is CCN(Cc1cccc(F)c1)C(=O)c1cc(C)nn1C. The first-order chi connectivity index (χ1) is 9.51. The fourth-order valence-electron chi connectivity index (χ4n) is 2.16. The number of hydrogen-bond donors (Lipinski definition) is 0. The Morgan fingerprint density at radius 2 is 2.15 bits per heavy atom. The molecule has 0 aliphatic carbocycles. The fourth-order valence-corrected chi connectivity index (χ4v) is 2.16. The van der Waals surface area contributed by atoms with Gasteiger partial charge in [-0.25, -0.2) is 4.39 Å². The average molecular weight is 275 g/mol. The molecule has 0 bridgehead atoms. The first-order valence-corrected chi connectivity index (χ1v) is 6.55. The molecule has 0 aliphatic heterocycles. The Morgan fingerprint density at radius 3 is 2.70 bits per heavy atom. The Morgan fingerprint density at radius 1 is 1.40 bits per heavy atom. The minimum atomic E-state index is -0.289. The zero-order chi connectivity index (χ0) is 14.7. The van der Waals surface area contributed by atoms with E-state index in [2.05, 4.69) is 5.10 Å². The highest BCUT2D eigenvalue weighted by molar-refractivity contribution is 5.92. The second kappa shape index (κ2) is 5.86. The van der Waals surface area contributed by atoms with Crippen LogP contribution in [0.25, 0.3) is 0 Å². The first kappa shape index (κ1) is 14.2. The molecule has 1 amide bonds. The maximum Gasteiger partial charge on any atom is 0.272 e. The van der Waals surface area contributed by atoms with Gasteiger partial charge in [0.05, 0.1) is 5.69 Å². The number of amides is 1. The van der Waals surface area contributed by atoms with E-state index in [0.29, 0.717) is 18.8 Å². The lowest BCUT2D eigenvalue weighted by Crippen LogP contribution is -2.31. The molecule has 2 rings (SSSR count). The van der Waals surface area contributed by atoms with Gasteiger partial charge >= 0.3 is 0 Å². The van der Waals surface area contributed by atoms with Gasteiger partial charge < -0.3 is 4.90 Å². The molecule has 0 N–H and O–H groups in total. The molecular formula is C15H18FN3O. The molecule has 0 aliphatic rings. The summed E-state index contributed by atoms with van der Waals surface area (Å²) >= 11 is 0. The van der Waals surface area contributed by atoms with Crippen LogP contribution in [-0.4, -0.2) is 27.1 Å². The molecule has 0 spiro atoms. The summed E-state index contributed by atoms with van der Waals surface area (Å²) in [6.07, 6.45) is 0. The van der Waals surface area contributed by atoms with E-state index in [1.165, 1.54) is 12.1 Å². The van der Waals surface area contributed by atoms with E-state index in [1.54, 1.807) is 28.8 Å². The summed E-state index contributed by atoms with van der Waals surface area (Å²) in [4.78, 5) is 14.1. The Labute approximate surface area is 117 Å². The molecule has 5 heteroatoms. The second-order valence-electron chi connectivity index (χ2n) is 4.74. The van der Waals surface area contributed by atoms with Crippen LogP contribution < -0.4 is 0 Å². The number of rotatable bonds is 4. The van der Waals surface area contributed by atoms with E-state index in [4.69, 9.17) is 0 Å². The quantitative estimate of drug-likeness (QED) is 0.860. The van der Waals surface area contributed by atoms with Crippen LogP contribution in [0.2, 0.25) is 0 Å². The molecule has 0 radical (unpaired) electrons. The molecule has 20 heavy (non-hydrogen) atoms. The van der Waals surface area contributed by atoms with Crippen molar-refractivity contribution in [1.29, 1.82) is 0 Å². The zero-order valence-electron chi connectivity index (χ0n) is 11.9. The Balaban J connectivity index is 2.20. The van der Waals surface area contributed by atoms with Crippen LogP contribution in [-0.2, 0) is 13.6 Å². The molecule has 0 saturated heterocycles. The molecule has 1 aromatic heterocycles. The summed E-state index contributed by atoms with van der Waals surface area (Å²) in [5.74, 6) is -0.387. The topological polar surface area (TPSA) is 38.1 Å². The Hall–Kier alpha value is -2.17. The van der Waals surface area contributed by atoms with Gasteiger partial charge in [-0.2, -0.15) is 5.10 Å².